The van der Waals surface area contributed by atoms with E-state index in [0.717, 1.165) is 35.2 Å². The third kappa shape index (κ3) is 5.37. The molecule has 3 rings (SSSR count). The monoisotopic (exact) mass is 393 g/mol. The van der Waals surface area contributed by atoms with E-state index in [2.05, 4.69) is 16.7 Å². The van der Waals surface area contributed by atoms with Crippen molar-refractivity contribution in [2.45, 2.75) is 47.1 Å². The topological polar surface area (TPSA) is 61.4 Å². The van der Waals surface area contributed by atoms with E-state index in [9.17, 15) is 9.59 Å². The lowest BCUT2D eigenvalue weighted by atomic mass is 9.81. The molecule has 0 aliphatic carbocycles. The standard InChI is InChI=1S/C24H31N3O2/c1-17-6-8-20(9-7-17)15-25-22(28)24(4)10-5-11-27(16-24)23(29)26-21-13-18(2)12-19(3)14-21/h6-9,12-14H,5,10-11,15-16H2,1-4H3,(H,25,28)(H,26,29). The van der Waals surface area contributed by atoms with Crippen molar-refractivity contribution in [3.63, 3.8) is 0 Å². The molecule has 2 aromatic rings. The molecule has 0 saturated carbocycles. The maximum absolute atomic E-state index is 12.9. The van der Waals surface area contributed by atoms with Crippen LogP contribution in [-0.4, -0.2) is 29.9 Å². The van der Waals surface area contributed by atoms with Crippen LogP contribution in [0.1, 0.15) is 42.0 Å². The highest BCUT2D eigenvalue weighted by molar-refractivity contribution is 5.90. The zero-order valence-corrected chi connectivity index (χ0v) is 17.8. The summed E-state index contributed by atoms with van der Waals surface area (Å²) in [6.07, 6.45) is 1.59. The zero-order chi connectivity index (χ0) is 21.0. The number of nitrogens with one attached hydrogen (secondary N) is 2. The Hall–Kier alpha value is -2.82. The molecule has 5 nitrogen and oxygen atoms in total. The number of rotatable bonds is 4. The Morgan fingerprint density at radius 2 is 1.66 bits per heavy atom. The number of benzene rings is 2. The first-order chi connectivity index (χ1) is 13.7. The first-order valence-corrected chi connectivity index (χ1v) is 10.2. The van der Waals surface area contributed by atoms with Crippen molar-refractivity contribution in [3.8, 4) is 0 Å². The molecule has 0 aromatic heterocycles. The first-order valence-electron chi connectivity index (χ1n) is 10.2. The Labute approximate surface area is 173 Å². The SMILES string of the molecule is Cc1ccc(CNC(=O)C2(C)CCCN(C(=O)Nc3cc(C)cc(C)c3)C2)cc1. The minimum atomic E-state index is -0.581. The average molecular weight is 394 g/mol. The third-order valence-electron chi connectivity index (χ3n) is 5.58. The van der Waals surface area contributed by atoms with E-state index in [-0.39, 0.29) is 11.9 Å². The minimum absolute atomic E-state index is 0.00183. The van der Waals surface area contributed by atoms with Gasteiger partial charge in [-0.2, -0.15) is 0 Å². The van der Waals surface area contributed by atoms with E-state index < -0.39 is 5.41 Å². The second-order valence-electron chi connectivity index (χ2n) is 8.56. The van der Waals surface area contributed by atoms with Gasteiger partial charge in [-0.3, -0.25) is 4.79 Å². The molecule has 1 fully saturated rings. The van der Waals surface area contributed by atoms with Crippen LogP contribution < -0.4 is 10.6 Å². The maximum Gasteiger partial charge on any atom is 0.321 e. The van der Waals surface area contributed by atoms with E-state index in [4.69, 9.17) is 0 Å². The van der Waals surface area contributed by atoms with Gasteiger partial charge >= 0.3 is 6.03 Å². The van der Waals surface area contributed by atoms with Crippen LogP contribution in [0.5, 0.6) is 0 Å². The van der Waals surface area contributed by atoms with Crippen LogP contribution in [0.2, 0.25) is 0 Å². The second-order valence-corrected chi connectivity index (χ2v) is 8.56. The lowest BCUT2D eigenvalue weighted by Crippen LogP contribution is -2.52. The fourth-order valence-electron chi connectivity index (χ4n) is 3.95. The molecule has 1 saturated heterocycles. The molecule has 0 bridgehead atoms. The molecule has 2 aromatic carbocycles. The van der Waals surface area contributed by atoms with Crippen molar-refractivity contribution in [1.82, 2.24) is 10.2 Å². The summed E-state index contributed by atoms with van der Waals surface area (Å²) in [6.45, 7) is 9.61. The Kier molecular flexibility index (Phi) is 6.26. The second kappa shape index (κ2) is 8.68. The summed E-state index contributed by atoms with van der Waals surface area (Å²) >= 11 is 0. The number of piperidine rings is 1. The van der Waals surface area contributed by atoms with Gasteiger partial charge in [-0.05, 0) is 69.4 Å². The molecule has 1 heterocycles. The lowest BCUT2D eigenvalue weighted by Gasteiger charge is -2.39. The molecule has 0 spiro atoms. The number of carbonyl (C=O) groups excluding carboxylic acids is 2. The molecule has 1 unspecified atom stereocenters. The summed E-state index contributed by atoms with van der Waals surface area (Å²) in [5.41, 5.74) is 4.71. The van der Waals surface area contributed by atoms with Gasteiger partial charge < -0.3 is 15.5 Å². The summed E-state index contributed by atoms with van der Waals surface area (Å²) in [5, 5.41) is 6.04. The van der Waals surface area contributed by atoms with Gasteiger partial charge in [0, 0.05) is 25.3 Å². The number of aryl methyl sites for hydroxylation is 3. The molecule has 0 radical (unpaired) electrons. The molecule has 2 N–H and O–H groups in total. The van der Waals surface area contributed by atoms with E-state index in [0.29, 0.717) is 19.6 Å². The van der Waals surface area contributed by atoms with E-state index in [1.807, 2.05) is 64.1 Å². The van der Waals surface area contributed by atoms with Gasteiger partial charge in [0.1, 0.15) is 0 Å². The van der Waals surface area contributed by atoms with Gasteiger partial charge in [-0.1, -0.05) is 35.9 Å². The number of nitrogens with zero attached hydrogens (tertiary/aromatic N) is 1. The van der Waals surface area contributed by atoms with Gasteiger partial charge in [0.2, 0.25) is 5.91 Å². The zero-order valence-electron chi connectivity index (χ0n) is 17.8. The fraction of sp³-hybridized carbons (Fsp3) is 0.417. The highest BCUT2D eigenvalue weighted by Crippen LogP contribution is 2.30. The van der Waals surface area contributed by atoms with Crippen LogP contribution in [0, 0.1) is 26.2 Å². The Balaban J connectivity index is 1.60. The molecule has 29 heavy (non-hydrogen) atoms. The largest absolute Gasteiger partial charge is 0.351 e. The quantitative estimate of drug-likeness (QED) is 0.800. The fourth-order valence-corrected chi connectivity index (χ4v) is 3.95. The summed E-state index contributed by atoms with van der Waals surface area (Å²) in [4.78, 5) is 27.5. The molecule has 1 atom stereocenters. The molecule has 154 valence electrons. The van der Waals surface area contributed by atoms with Crippen LogP contribution in [0.25, 0.3) is 0 Å². The van der Waals surface area contributed by atoms with Crippen molar-refractivity contribution in [1.29, 1.82) is 0 Å². The summed E-state index contributed by atoms with van der Waals surface area (Å²) in [6, 6.07) is 14.0. The lowest BCUT2D eigenvalue weighted by molar-refractivity contribution is -0.132. The predicted molar refractivity (Wildman–Crippen MR) is 117 cm³/mol. The maximum atomic E-state index is 12.9. The third-order valence-corrected chi connectivity index (χ3v) is 5.58. The van der Waals surface area contributed by atoms with Crippen molar-refractivity contribution in [2.24, 2.45) is 5.41 Å². The highest BCUT2D eigenvalue weighted by atomic mass is 16.2. The van der Waals surface area contributed by atoms with Crippen LogP contribution in [0.15, 0.2) is 42.5 Å². The number of urea groups is 1. The average Bonchev–Trinajstić information content (AvgIpc) is 2.66. The number of hydrogen-bond donors (Lipinski definition) is 2. The van der Waals surface area contributed by atoms with Crippen LogP contribution >= 0.6 is 0 Å². The van der Waals surface area contributed by atoms with Crippen LogP contribution in [-0.2, 0) is 11.3 Å². The van der Waals surface area contributed by atoms with Gasteiger partial charge in [0.25, 0.3) is 0 Å². The summed E-state index contributed by atoms with van der Waals surface area (Å²) in [7, 11) is 0. The van der Waals surface area contributed by atoms with Gasteiger partial charge in [-0.15, -0.1) is 0 Å². The normalized spacial score (nSPS) is 19.0. The van der Waals surface area contributed by atoms with E-state index in [1.165, 1.54) is 5.56 Å². The molecular weight excluding hydrogens is 362 g/mol. The molecule has 1 aliphatic rings. The molecule has 1 aliphatic heterocycles. The van der Waals surface area contributed by atoms with Crippen molar-refractivity contribution < 1.29 is 9.59 Å². The van der Waals surface area contributed by atoms with Gasteiger partial charge in [0.15, 0.2) is 0 Å². The summed E-state index contributed by atoms with van der Waals surface area (Å²) in [5.74, 6) is 0.00183. The van der Waals surface area contributed by atoms with E-state index >= 15 is 0 Å². The van der Waals surface area contributed by atoms with E-state index in [1.54, 1.807) is 4.90 Å². The number of anilines is 1. The highest BCUT2D eigenvalue weighted by Gasteiger charge is 2.39. The smallest absolute Gasteiger partial charge is 0.321 e. The van der Waals surface area contributed by atoms with Crippen LogP contribution in [0.3, 0.4) is 0 Å². The number of carbonyl (C=O) groups is 2. The Morgan fingerprint density at radius 3 is 2.31 bits per heavy atom. The van der Waals surface area contributed by atoms with Gasteiger partial charge in [0.05, 0.1) is 5.41 Å². The minimum Gasteiger partial charge on any atom is -0.351 e. The molecule has 5 heteroatoms. The van der Waals surface area contributed by atoms with Crippen LogP contribution in [0.4, 0.5) is 10.5 Å². The Bertz CT molecular complexity index is 871. The predicted octanol–water partition coefficient (Wildman–Crippen LogP) is 4.56. The van der Waals surface area contributed by atoms with Crippen molar-refractivity contribution >= 4 is 17.6 Å². The van der Waals surface area contributed by atoms with Crippen molar-refractivity contribution in [2.75, 3.05) is 18.4 Å². The van der Waals surface area contributed by atoms with Crippen molar-refractivity contribution in [3.05, 3.63) is 64.7 Å². The van der Waals surface area contributed by atoms with Gasteiger partial charge in [-0.25, -0.2) is 4.79 Å². The number of amides is 3. The molecule has 3 amide bonds. The first kappa shape index (κ1) is 20.9. The number of hydrogen-bond acceptors (Lipinski definition) is 2. The number of likely N-dealkylation sites (tertiary alicyclic amines) is 1. The Morgan fingerprint density at radius 1 is 1.00 bits per heavy atom. The molecular formula is C24H31N3O2. The summed E-state index contributed by atoms with van der Waals surface area (Å²) < 4.78 is 0.